The van der Waals surface area contributed by atoms with Crippen molar-refractivity contribution in [2.75, 3.05) is 12.4 Å². The van der Waals surface area contributed by atoms with Gasteiger partial charge in [0.25, 0.3) is 0 Å². The zero-order chi connectivity index (χ0) is 20.7. The third kappa shape index (κ3) is 23.7. The van der Waals surface area contributed by atoms with Crippen LogP contribution in [0.15, 0.2) is 0 Å². The van der Waals surface area contributed by atoms with Gasteiger partial charge in [-0.3, -0.25) is 4.79 Å². The van der Waals surface area contributed by atoms with Gasteiger partial charge >= 0.3 is 11.3 Å². The Morgan fingerprint density at radius 3 is 1.79 bits per heavy atom. The summed E-state index contributed by atoms with van der Waals surface area (Å²) in [5.74, 6) is 0.309. The average Bonchev–Trinajstić information content (AvgIpc) is 2.67. The van der Waals surface area contributed by atoms with Crippen LogP contribution in [0.2, 0.25) is 0 Å². The minimum Gasteiger partial charge on any atom is -0.481 e. The summed E-state index contributed by atoms with van der Waals surface area (Å²) in [4.78, 5) is 22.0. The molecule has 0 radical (unpaired) electrons. The van der Waals surface area contributed by atoms with Crippen molar-refractivity contribution in [1.82, 2.24) is 0 Å². The number of unbranched alkanes of at least 4 members (excludes halogenated alkanes) is 14. The average molecular weight is 435 g/mol. The molecule has 0 bridgehead atoms. The van der Waals surface area contributed by atoms with Gasteiger partial charge in [-0.15, -0.1) is 0 Å². The second-order valence-electron chi connectivity index (χ2n) is 7.45. The van der Waals surface area contributed by atoms with Crippen LogP contribution in [0, 0.1) is 0 Å². The van der Waals surface area contributed by atoms with Gasteiger partial charge in [0.1, 0.15) is 0 Å². The number of aliphatic carboxylic acids is 1. The van der Waals surface area contributed by atoms with Crippen molar-refractivity contribution in [2.24, 2.45) is 0 Å². The van der Waals surface area contributed by atoms with Crippen LogP contribution in [0.1, 0.15) is 116 Å². The normalized spacial score (nSPS) is 10.9. The third-order valence-electron chi connectivity index (χ3n) is 4.71. The fourth-order valence-corrected chi connectivity index (χ4v) is 4.67. The van der Waals surface area contributed by atoms with E-state index in [2.05, 4.69) is 6.92 Å². The lowest BCUT2D eigenvalue weighted by molar-refractivity contribution is -0.137. The first-order valence-corrected chi connectivity index (χ1v) is 13.7. The van der Waals surface area contributed by atoms with Crippen LogP contribution < -0.4 is 0 Å². The first-order chi connectivity index (χ1) is 13.7. The van der Waals surface area contributed by atoms with Gasteiger partial charge < -0.3 is 9.84 Å². The Balaban J connectivity index is 3.16. The van der Waals surface area contributed by atoms with E-state index in [0.29, 0.717) is 13.0 Å². The minimum absolute atomic E-state index is 0.144. The summed E-state index contributed by atoms with van der Waals surface area (Å²) in [6, 6.07) is 0. The quantitative estimate of drug-likeness (QED) is 0.111. The summed E-state index contributed by atoms with van der Waals surface area (Å²) >= 11 is 0. The molecule has 0 atom stereocenters. The lowest BCUT2D eigenvalue weighted by Gasteiger charge is -2.05. The Bertz CT molecular complexity index is 364. The van der Waals surface area contributed by atoms with Crippen LogP contribution in [0.3, 0.4) is 0 Å². The molecule has 0 aromatic rings. The number of carbonyl (C=O) groups is 2. The fourth-order valence-electron chi connectivity index (χ4n) is 3.00. The lowest BCUT2D eigenvalue weighted by atomic mass is 10.1. The summed E-state index contributed by atoms with van der Waals surface area (Å²) in [6.07, 6.45) is 19.3. The second-order valence-corrected chi connectivity index (χ2v) is 9.80. The van der Waals surface area contributed by atoms with E-state index in [-0.39, 0.29) is 5.30 Å². The topological polar surface area (TPSA) is 63.6 Å². The van der Waals surface area contributed by atoms with E-state index < -0.39 is 5.97 Å². The van der Waals surface area contributed by atoms with Crippen LogP contribution in [-0.2, 0) is 9.53 Å². The van der Waals surface area contributed by atoms with Gasteiger partial charge in [-0.05, 0) is 19.3 Å². The highest BCUT2D eigenvalue weighted by Gasteiger charge is 2.04. The predicted molar refractivity (Wildman–Crippen MR) is 123 cm³/mol. The molecule has 0 spiro atoms. The summed E-state index contributed by atoms with van der Waals surface area (Å²) in [6.45, 7) is 2.80. The van der Waals surface area contributed by atoms with Gasteiger partial charge in [0.05, 0.1) is 6.61 Å². The van der Waals surface area contributed by atoms with Crippen molar-refractivity contribution in [3.05, 3.63) is 0 Å². The molecule has 166 valence electrons. The van der Waals surface area contributed by atoms with Gasteiger partial charge in [-0.2, -0.15) is 0 Å². The minimum atomic E-state index is -0.688. The maximum Gasteiger partial charge on any atom is 0.378 e. The first-order valence-electron chi connectivity index (χ1n) is 11.3. The molecule has 0 fully saturated rings. The molecular weight excluding hydrogens is 392 g/mol. The van der Waals surface area contributed by atoms with Crippen molar-refractivity contribution in [3.63, 3.8) is 0 Å². The lowest BCUT2D eigenvalue weighted by Crippen LogP contribution is -1.98. The SMILES string of the molecule is CCCCCCCCCCOC(=O)SSCCCCCCCCCCC(=O)O. The van der Waals surface area contributed by atoms with Crippen molar-refractivity contribution in [1.29, 1.82) is 0 Å². The van der Waals surface area contributed by atoms with E-state index in [1.54, 1.807) is 10.8 Å². The fraction of sp³-hybridized carbons (Fsp3) is 0.909. The van der Waals surface area contributed by atoms with Gasteiger partial charge in [0.2, 0.25) is 0 Å². The maximum atomic E-state index is 11.6. The molecule has 0 heterocycles. The molecule has 28 heavy (non-hydrogen) atoms. The van der Waals surface area contributed by atoms with E-state index in [1.165, 1.54) is 75.0 Å². The molecule has 0 aliphatic carbocycles. The molecule has 1 N–H and O–H groups in total. The number of carbonyl (C=O) groups excluding carboxylic acids is 1. The Kier molecular flexibility index (Phi) is 22.6. The van der Waals surface area contributed by atoms with Gasteiger partial charge in [-0.1, -0.05) is 101 Å². The summed E-state index contributed by atoms with van der Waals surface area (Å²) in [7, 11) is 2.85. The molecular formula is C22H42O4S2. The molecule has 0 aliphatic heterocycles. The summed E-state index contributed by atoms with van der Waals surface area (Å²) in [5, 5.41) is 8.42. The van der Waals surface area contributed by atoms with Crippen molar-refractivity contribution >= 4 is 32.9 Å². The Labute approximate surface area is 180 Å². The van der Waals surface area contributed by atoms with Crippen molar-refractivity contribution < 1.29 is 19.4 Å². The van der Waals surface area contributed by atoms with Crippen LogP contribution in [0.25, 0.3) is 0 Å². The van der Waals surface area contributed by atoms with Crippen LogP contribution in [0.5, 0.6) is 0 Å². The zero-order valence-corrected chi connectivity index (χ0v) is 19.6. The second kappa shape index (κ2) is 22.9. The Hall–Kier alpha value is -0.360. The molecule has 6 heteroatoms. The number of carboxylic acids is 1. The number of ether oxygens (including phenoxy) is 1. The zero-order valence-electron chi connectivity index (χ0n) is 17.9. The molecule has 0 unspecified atom stereocenters. The number of carboxylic acid groups (broad SMARTS) is 1. The first kappa shape index (κ1) is 27.6. The molecule has 0 saturated carbocycles. The van der Waals surface area contributed by atoms with E-state index in [0.717, 1.165) is 44.3 Å². The Morgan fingerprint density at radius 1 is 0.714 bits per heavy atom. The standard InChI is InChI=1S/C22H42O4S2/c1-2-3-4-5-6-10-13-16-19-26-22(25)28-27-20-17-14-11-8-7-9-12-15-18-21(23)24/h2-20H2,1H3,(H,23,24). The highest BCUT2D eigenvalue weighted by atomic mass is 33.1. The number of hydrogen-bond donors (Lipinski definition) is 1. The van der Waals surface area contributed by atoms with E-state index >= 15 is 0 Å². The molecule has 0 amide bonds. The Morgan fingerprint density at radius 2 is 1.21 bits per heavy atom. The van der Waals surface area contributed by atoms with Crippen molar-refractivity contribution in [2.45, 2.75) is 116 Å². The molecule has 0 aliphatic rings. The van der Waals surface area contributed by atoms with E-state index in [4.69, 9.17) is 9.84 Å². The molecule has 0 saturated heterocycles. The van der Waals surface area contributed by atoms with Gasteiger partial charge in [0.15, 0.2) is 0 Å². The maximum absolute atomic E-state index is 11.6. The highest BCUT2D eigenvalue weighted by Crippen LogP contribution is 2.25. The third-order valence-corrected chi connectivity index (χ3v) is 6.80. The molecule has 0 aromatic carbocycles. The molecule has 0 aromatic heterocycles. The summed E-state index contributed by atoms with van der Waals surface area (Å²) < 4.78 is 5.26. The largest absolute Gasteiger partial charge is 0.481 e. The predicted octanol–water partition coefficient (Wildman–Crippen LogP) is 8.24. The van der Waals surface area contributed by atoms with E-state index in [9.17, 15) is 9.59 Å². The molecule has 4 nitrogen and oxygen atoms in total. The summed E-state index contributed by atoms with van der Waals surface area (Å²) in [5.41, 5.74) is 0. The van der Waals surface area contributed by atoms with E-state index in [1.807, 2.05) is 0 Å². The van der Waals surface area contributed by atoms with Crippen LogP contribution in [-0.4, -0.2) is 28.7 Å². The van der Waals surface area contributed by atoms with Gasteiger partial charge in [0, 0.05) is 23.0 Å². The van der Waals surface area contributed by atoms with Crippen LogP contribution in [0.4, 0.5) is 4.79 Å². The van der Waals surface area contributed by atoms with Gasteiger partial charge in [-0.25, -0.2) is 4.79 Å². The monoisotopic (exact) mass is 434 g/mol. The highest BCUT2D eigenvalue weighted by molar-refractivity contribution is 8.82. The molecule has 0 rings (SSSR count). The smallest absolute Gasteiger partial charge is 0.378 e. The number of rotatable bonds is 21. The van der Waals surface area contributed by atoms with Crippen LogP contribution >= 0.6 is 21.6 Å². The van der Waals surface area contributed by atoms with Crippen molar-refractivity contribution in [3.8, 4) is 0 Å². The number of hydrogen-bond acceptors (Lipinski definition) is 5.